The Hall–Kier alpha value is -2.49. The number of fused-ring (bicyclic) bond motifs is 1. The summed E-state index contributed by atoms with van der Waals surface area (Å²) in [6.07, 6.45) is -0.0254. The third kappa shape index (κ3) is 3.70. The van der Waals surface area contributed by atoms with Gasteiger partial charge in [0, 0.05) is 6.42 Å². The second kappa shape index (κ2) is 6.56. The summed E-state index contributed by atoms with van der Waals surface area (Å²) in [5, 5.41) is 0.724. The number of hydrogen-bond donors (Lipinski definition) is 0. The van der Waals surface area contributed by atoms with Crippen molar-refractivity contribution < 1.29 is 9.13 Å². The number of nitrogens with zero attached hydrogens (tertiary/aromatic N) is 2. The first kappa shape index (κ1) is 16.4. The molecule has 0 bridgehead atoms. The van der Waals surface area contributed by atoms with Crippen molar-refractivity contribution in [3.8, 4) is 5.88 Å². The molecule has 3 rings (SSSR count). The van der Waals surface area contributed by atoms with Crippen molar-refractivity contribution in [2.45, 2.75) is 32.6 Å². The molecule has 0 spiro atoms. The first-order chi connectivity index (χ1) is 11.4. The number of rotatable bonds is 4. The van der Waals surface area contributed by atoms with E-state index >= 15 is 0 Å². The van der Waals surface area contributed by atoms with Gasteiger partial charge in [0.05, 0.1) is 17.5 Å². The number of para-hydroxylation sites is 1. The molecule has 0 saturated carbocycles. The molecule has 1 aromatic heterocycles. The fourth-order valence-electron chi connectivity index (χ4n) is 2.59. The van der Waals surface area contributed by atoms with Crippen molar-refractivity contribution in [2.24, 2.45) is 0 Å². The van der Waals surface area contributed by atoms with Crippen LogP contribution in [0.4, 0.5) is 4.39 Å². The van der Waals surface area contributed by atoms with Crippen LogP contribution in [0.15, 0.2) is 48.5 Å². The highest BCUT2D eigenvalue weighted by molar-refractivity contribution is 5.82. The van der Waals surface area contributed by atoms with Gasteiger partial charge in [-0.15, -0.1) is 0 Å². The minimum atomic E-state index is -0.765. The lowest BCUT2D eigenvalue weighted by Crippen LogP contribution is -2.12. The van der Waals surface area contributed by atoms with Gasteiger partial charge in [0.15, 0.2) is 0 Å². The second-order valence-corrected chi connectivity index (χ2v) is 6.86. The van der Waals surface area contributed by atoms with Crippen LogP contribution >= 0.6 is 0 Å². The van der Waals surface area contributed by atoms with Gasteiger partial charge in [-0.05, 0) is 28.7 Å². The van der Waals surface area contributed by atoms with E-state index in [-0.39, 0.29) is 5.41 Å². The van der Waals surface area contributed by atoms with Gasteiger partial charge in [0.25, 0.3) is 0 Å². The predicted octanol–water partition coefficient (Wildman–Crippen LogP) is 4.69. The zero-order valence-electron chi connectivity index (χ0n) is 14.2. The standard InChI is InChI=1S/C20H21FN2O/c1-20(2,3)15-8-6-7-14(13-15)11-12-24-18-16-9-4-5-10-17(16)22-19(21)23-18/h4-10,13H,11-12H2,1-3H3. The van der Waals surface area contributed by atoms with Crippen LogP contribution in [0, 0.1) is 6.08 Å². The first-order valence-corrected chi connectivity index (χ1v) is 8.08. The molecular formula is C20H21FN2O. The quantitative estimate of drug-likeness (QED) is 0.653. The number of halogens is 1. The van der Waals surface area contributed by atoms with Crippen molar-refractivity contribution in [1.82, 2.24) is 9.97 Å². The molecular weight excluding hydrogens is 303 g/mol. The summed E-state index contributed by atoms with van der Waals surface area (Å²) in [4.78, 5) is 7.57. The normalized spacial score (nSPS) is 11.7. The van der Waals surface area contributed by atoms with Gasteiger partial charge < -0.3 is 4.74 Å². The van der Waals surface area contributed by atoms with Crippen molar-refractivity contribution in [3.05, 3.63) is 65.7 Å². The Kier molecular flexibility index (Phi) is 4.47. The van der Waals surface area contributed by atoms with Crippen LogP contribution in [-0.4, -0.2) is 16.6 Å². The van der Waals surface area contributed by atoms with E-state index in [9.17, 15) is 4.39 Å². The molecule has 0 atom stereocenters. The smallest absolute Gasteiger partial charge is 0.312 e. The third-order valence-electron chi connectivity index (χ3n) is 3.96. The van der Waals surface area contributed by atoms with E-state index in [1.54, 1.807) is 6.07 Å². The van der Waals surface area contributed by atoms with Crippen molar-refractivity contribution in [1.29, 1.82) is 0 Å². The van der Waals surface area contributed by atoms with E-state index in [4.69, 9.17) is 4.74 Å². The molecule has 3 aromatic rings. The SMILES string of the molecule is CC(C)(C)c1cccc(CCOc2nc(F)nc3ccccc23)c1. The fourth-order valence-corrected chi connectivity index (χ4v) is 2.59. The Labute approximate surface area is 141 Å². The minimum Gasteiger partial charge on any atom is -0.477 e. The van der Waals surface area contributed by atoms with Gasteiger partial charge >= 0.3 is 6.08 Å². The van der Waals surface area contributed by atoms with Crippen molar-refractivity contribution in [3.63, 3.8) is 0 Å². The highest BCUT2D eigenvalue weighted by Crippen LogP contribution is 2.24. The molecule has 0 radical (unpaired) electrons. The molecule has 0 fully saturated rings. The number of hydrogen-bond acceptors (Lipinski definition) is 3. The number of ether oxygens (including phenoxy) is 1. The van der Waals surface area contributed by atoms with E-state index in [0.717, 1.165) is 11.8 Å². The minimum absolute atomic E-state index is 0.114. The summed E-state index contributed by atoms with van der Waals surface area (Å²) in [6, 6.07) is 15.7. The molecule has 3 nitrogen and oxygen atoms in total. The van der Waals surface area contributed by atoms with E-state index in [1.807, 2.05) is 18.2 Å². The zero-order valence-corrected chi connectivity index (χ0v) is 14.2. The lowest BCUT2D eigenvalue weighted by Gasteiger charge is -2.19. The Morgan fingerprint density at radius 3 is 2.58 bits per heavy atom. The molecule has 0 N–H and O–H groups in total. The van der Waals surface area contributed by atoms with Crippen LogP contribution in [0.2, 0.25) is 0 Å². The largest absolute Gasteiger partial charge is 0.477 e. The summed E-state index contributed by atoms with van der Waals surface area (Å²) >= 11 is 0. The topological polar surface area (TPSA) is 35.0 Å². The lowest BCUT2D eigenvalue weighted by molar-refractivity contribution is 0.307. The molecule has 0 saturated heterocycles. The average molecular weight is 324 g/mol. The monoisotopic (exact) mass is 324 g/mol. The lowest BCUT2D eigenvalue weighted by atomic mass is 9.86. The first-order valence-electron chi connectivity index (χ1n) is 8.08. The molecule has 0 aliphatic rings. The molecule has 24 heavy (non-hydrogen) atoms. The molecule has 0 amide bonds. The second-order valence-electron chi connectivity index (χ2n) is 6.86. The summed E-state index contributed by atoms with van der Waals surface area (Å²) in [5.74, 6) is 0.296. The Balaban J connectivity index is 1.74. The highest BCUT2D eigenvalue weighted by Gasteiger charge is 2.13. The molecule has 1 heterocycles. The fraction of sp³-hybridized carbons (Fsp3) is 0.300. The van der Waals surface area contributed by atoms with Crippen LogP contribution in [0.3, 0.4) is 0 Å². The van der Waals surface area contributed by atoms with E-state index in [2.05, 4.69) is 55.0 Å². The highest BCUT2D eigenvalue weighted by atomic mass is 19.1. The zero-order chi connectivity index (χ0) is 17.2. The van der Waals surface area contributed by atoms with Gasteiger partial charge in [-0.25, -0.2) is 4.98 Å². The maximum Gasteiger partial charge on any atom is 0.312 e. The van der Waals surface area contributed by atoms with Gasteiger partial charge in [0.2, 0.25) is 5.88 Å². The molecule has 0 unspecified atom stereocenters. The van der Waals surface area contributed by atoms with Crippen LogP contribution in [0.25, 0.3) is 10.9 Å². The van der Waals surface area contributed by atoms with Crippen LogP contribution < -0.4 is 4.74 Å². The van der Waals surface area contributed by atoms with E-state index in [1.165, 1.54) is 11.1 Å². The van der Waals surface area contributed by atoms with E-state index in [0.29, 0.717) is 18.0 Å². The van der Waals surface area contributed by atoms with Crippen LogP contribution in [0.5, 0.6) is 5.88 Å². The summed E-state index contributed by atoms with van der Waals surface area (Å²) in [5.41, 5.74) is 3.15. The molecule has 124 valence electrons. The maximum absolute atomic E-state index is 13.5. The van der Waals surface area contributed by atoms with Gasteiger partial charge in [-0.1, -0.05) is 57.2 Å². The summed E-state index contributed by atoms with van der Waals surface area (Å²) in [6.45, 7) is 7.02. The Morgan fingerprint density at radius 2 is 1.79 bits per heavy atom. The third-order valence-corrected chi connectivity index (χ3v) is 3.96. The van der Waals surface area contributed by atoms with Crippen LogP contribution in [0.1, 0.15) is 31.9 Å². The molecule has 0 aliphatic heterocycles. The molecule has 2 aromatic carbocycles. The number of aromatic nitrogens is 2. The van der Waals surface area contributed by atoms with Crippen molar-refractivity contribution >= 4 is 10.9 Å². The van der Waals surface area contributed by atoms with Gasteiger partial charge in [-0.3, -0.25) is 0 Å². The van der Waals surface area contributed by atoms with Crippen molar-refractivity contribution in [2.75, 3.05) is 6.61 Å². The average Bonchev–Trinajstić information content (AvgIpc) is 2.54. The van der Waals surface area contributed by atoms with Crippen LogP contribution in [-0.2, 0) is 11.8 Å². The number of benzene rings is 2. The van der Waals surface area contributed by atoms with E-state index < -0.39 is 6.08 Å². The maximum atomic E-state index is 13.5. The Bertz CT molecular complexity index is 856. The van der Waals surface area contributed by atoms with Gasteiger partial charge in [0.1, 0.15) is 0 Å². The summed E-state index contributed by atoms with van der Waals surface area (Å²) < 4.78 is 19.3. The predicted molar refractivity (Wildman–Crippen MR) is 93.8 cm³/mol. The summed E-state index contributed by atoms with van der Waals surface area (Å²) in [7, 11) is 0. The Morgan fingerprint density at radius 1 is 1.00 bits per heavy atom. The molecule has 0 aliphatic carbocycles. The van der Waals surface area contributed by atoms with Gasteiger partial charge in [-0.2, -0.15) is 9.37 Å². The molecule has 4 heteroatoms.